The molecule has 0 aliphatic rings. The highest BCUT2D eigenvalue weighted by Crippen LogP contribution is 2.23. The van der Waals surface area contributed by atoms with Gasteiger partial charge in [0.05, 0.1) is 11.3 Å². The molecule has 1 unspecified atom stereocenters. The number of amides is 4. The number of hydrogen-bond acceptors (Lipinski definition) is 4. The van der Waals surface area contributed by atoms with Crippen LogP contribution >= 0.6 is 0 Å². The fourth-order valence-corrected chi connectivity index (χ4v) is 3.31. The van der Waals surface area contributed by atoms with Crippen LogP contribution in [-0.2, 0) is 4.79 Å². The first kappa shape index (κ1) is 23.2. The topological polar surface area (TPSA) is 117 Å². The quantitative estimate of drug-likeness (QED) is 0.324. The van der Waals surface area contributed by atoms with E-state index in [0.717, 1.165) is 11.3 Å². The maximum absolute atomic E-state index is 13.0. The molecule has 1 atom stereocenters. The van der Waals surface area contributed by atoms with Crippen molar-refractivity contribution in [3.63, 3.8) is 0 Å². The molecule has 0 spiro atoms. The number of hydrazine groups is 1. The molecule has 0 aliphatic carbocycles. The van der Waals surface area contributed by atoms with Crippen LogP contribution in [-0.4, -0.2) is 33.7 Å². The minimum atomic E-state index is -0.903. The van der Waals surface area contributed by atoms with Crippen LogP contribution in [0.3, 0.4) is 0 Å². The molecule has 4 rings (SSSR count). The highest BCUT2D eigenvalue weighted by atomic mass is 16.2. The summed E-state index contributed by atoms with van der Waals surface area (Å²) in [5.41, 5.74) is 7.66. The lowest BCUT2D eigenvalue weighted by molar-refractivity contribution is -0.123. The van der Waals surface area contributed by atoms with E-state index >= 15 is 0 Å². The van der Waals surface area contributed by atoms with Crippen molar-refractivity contribution in [1.82, 2.24) is 25.9 Å². The van der Waals surface area contributed by atoms with Gasteiger partial charge >= 0.3 is 6.03 Å². The molecular formula is C26H24N6O3. The van der Waals surface area contributed by atoms with Gasteiger partial charge in [-0.15, -0.1) is 0 Å². The Bertz CT molecular complexity index is 1310. The van der Waals surface area contributed by atoms with Crippen LogP contribution in [0.5, 0.6) is 0 Å². The number of nitrogens with one attached hydrogen (secondary N) is 4. The number of aromatic nitrogens is 2. The summed E-state index contributed by atoms with van der Waals surface area (Å²) >= 11 is 0. The van der Waals surface area contributed by atoms with Crippen molar-refractivity contribution in [2.75, 3.05) is 5.32 Å². The second kappa shape index (κ2) is 10.8. The summed E-state index contributed by atoms with van der Waals surface area (Å²) in [7, 11) is 0. The van der Waals surface area contributed by atoms with Crippen LogP contribution in [0.25, 0.3) is 16.9 Å². The highest BCUT2D eigenvalue weighted by Gasteiger charge is 2.21. The largest absolute Gasteiger partial charge is 0.326 e. The van der Waals surface area contributed by atoms with Gasteiger partial charge in [0.1, 0.15) is 11.7 Å². The third-order valence-corrected chi connectivity index (χ3v) is 5.10. The van der Waals surface area contributed by atoms with Crippen LogP contribution in [0.1, 0.15) is 17.3 Å². The number of urea groups is 1. The minimum Gasteiger partial charge on any atom is -0.326 e. The fraction of sp³-hybridized carbons (Fsp3) is 0.0769. The van der Waals surface area contributed by atoms with Crippen LogP contribution in [0.4, 0.5) is 10.5 Å². The van der Waals surface area contributed by atoms with Crippen LogP contribution in [0, 0.1) is 0 Å². The first-order valence-electron chi connectivity index (χ1n) is 10.9. The van der Waals surface area contributed by atoms with Gasteiger partial charge in [0.25, 0.3) is 11.8 Å². The smallest absolute Gasteiger partial charge is 0.319 e. The maximum atomic E-state index is 13.0. The Morgan fingerprint density at radius 3 is 2.06 bits per heavy atom. The van der Waals surface area contributed by atoms with Gasteiger partial charge in [0, 0.05) is 17.4 Å². The van der Waals surface area contributed by atoms with E-state index in [0.29, 0.717) is 11.4 Å². The van der Waals surface area contributed by atoms with E-state index < -0.39 is 23.9 Å². The molecule has 0 saturated heterocycles. The van der Waals surface area contributed by atoms with Crippen LogP contribution < -0.4 is 21.5 Å². The van der Waals surface area contributed by atoms with Crippen molar-refractivity contribution in [2.45, 2.75) is 13.0 Å². The van der Waals surface area contributed by atoms with Gasteiger partial charge in [-0.1, -0.05) is 66.7 Å². The predicted molar refractivity (Wildman–Crippen MR) is 133 cm³/mol. The molecule has 0 aliphatic heterocycles. The molecule has 4 amide bonds. The van der Waals surface area contributed by atoms with Crippen LogP contribution in [0.2, 0.25) is 0 Å². The Kier molecular flexibility index (Phi) is 7.17. The minimum absolute atomic E-state index is 0.280. The molecule has 3 aromatic carbocycles. The summed E-state index contributed by atoms with van der Waals surface area (Å²) in [5.74, 6) is -1.13. The van der Waals surface area contributed by atoms with Gasteiger partial charge in [-0.25, -0.2) is 9.48 Å². The number of benzene rings is 3. The first-order valence-corrected chi connectivity index (χ1v) is 10.9. The highest BCUT2D eigenvalue weighted by molar-refractivity contribution is 6.01. The van der Waals surface area contributed by atoms with Crippen molar-refractivity contribution >= 4 is 23.5 Å². The summed E-state index contributed by atoms with van der Waals surface area (Å²) < 4.78 is 1.61. The average Bonchev–Trinajstić information content (AvgIpc) is 3.34. The van der Waals surface area contributed by atoms with E-state index in [-0.39, 0.29) is 5.56 Å². The van der Waals surface area contributed by atoms with Crippen molar-refractivity contribution in [1.29, 1.82) is 0 Å². The number of nitrogens with zero attached hydrogens (tertiary/aromatic N) is 2. The van der Waals surface area contributed by atoms with E-state index in [1.165, 1.54) is 6.92 Å². The van der Waals surface area contributed by atoms with Crippen molar-refractivity contribution in [3.05, 3.63) is 103 Å². The van der Waals surface area contributed by atoms with Gasteiger partial charge in [-0.3, -0.25) is 20.4 Å². The standard InChI is InChI=1S/C26H24N6O3/c1-18(27-26(35)28-20-13-7-3-8-14-20)24(33)29-30-25(34)22-17-32(21-15-9-4-10-16-21)31-23(22)19-11-5-2-6-12-19/h2-18H,1H3,(H,29,33)(H,30,34)(H2,27,28,35). The lowest BCUT2D eigenvalue weighted by Gasteiger charge is -2.15. The van der Waals surface area contributed by atoms with E-state index in [1.807, 2.05) is 66.7 Å². The predicted octanol–water partition coefficient (Wildman–Crippen LogP) is 3.51. The molecule has 1 heterocycles. The lowest BCUT2D eigenvalue weighted by atomic mass is 10.1. The van der Waals surface area contributed by atoms with E-state index in [1.54, 1.807) is 35.1 Å². The summed E-state index contributed by atoms with van der Waals surface area (Å²) in [5, 5.41) is 9.75. The zero-order valence-electron chi connectivity index (χ0n) is 18.9. The fourth-order valence-electron chi connectivity index (χ4n) is 3.31. The molecule has 0 bridgehead atoms. The van der Waals surface area contributed by atoms with Crippen LogP contribution in [0.15, 0.2) is 97.2 Å². The average molecular weight is 469 g/mol. The van der Waals surface area contributed by atoms with Crippen molar-refractivity contribution < 1.29 is 14.4 Å². The molecule has 1 aromatic heterocycles. The van der Waals surface area contributed by atoms with E-state index in [2.05, 4.69) is 26.6 Å². The van der Waals surface area contributed by atoms with E-state index in [9.17, 15) is 14.4 Å². The number of anilines is 1. The third kappa shape index (κ3) is 5.91. The number of para-hydroxylation sites is 2. The molecule has 35 heavy (non-hydrogen) atoms. The monoisotopic (exact) mass is 468 g/mol. The summed E-state index contributed by atoms with van der Waals surface area (Å²) in [6, 6.07) is 26.1. The Balaban J connectivity index is 1.43. The van der Waals surface area contributed by atoms with E-state index in [4.69, 9.17) is 0 Å². The molecule has 176 valence electrons. The number of rotatable bonds is 6. The normalized spacial score (nSPS) is 11.2. The second-order valence-electron chi connectivity index (χ2n) is 7.67. The Labute approximate surface area is 202 Å². The van der Waals surface area contributed by atoms with Gasteiger partial charge in [0.15, 0.2) is 0 Å². The maximum Gasteiger partial charge on any atom is 0.319 e. The molecule has 4 N–H and O–H groups in total. The molecular weight excluding hydrogens is 444 g/mol. The van der Waals surface area contributed by atoms with Gasteiger partial charge in [0.2, 0.25) is 0 Å². The Morgan fingerprint density at radius 1 is 0.800 bits per heavy atom. The molecule has 9 nitrogen and oxygen atoms in total. The van der Waals surface area contributed by atoms with Gasteiger partial charge < -0.3 is 10.6 Å². The third-order valence-electron chi connectivity index (χ3n) is 5.10. The molecule has 0 saturated carbocycles. The number of carbonyl (C=O) groups excluding carboxylic acids is 3. The van der Waals surface area contributed by atoms with Gasteiger partial charge in [-0.05, 0) is 31.2 Å². The number of hydrogen-bond donors (Lipinski definition) is 4. The zero-order chi connectivity index (χ0) is 24.6. The van der Waals surface area contributed by atoms with Crippen molar-refractivity contribution in [2.24, 2.45) is 0 Å². The molecule has 0 fully saturated rings. The van der Waals surface area contributed by atoms with Crippen molar-refractivity contribution in [3.8, 4) is 16.9 Å². The Hall–Kier alpha value is -4.92. The molecule has 0 radical (unpaired) electrons. The SMILES string of the molecule is CC(NC(=O)Nc1ccccc1)C(=O)NNC(=O)c1cn(-c2ccccc2)nc1-c1ccccc1. The summed E-state index contributed by atoms with van der Waals surface area (Å²) in [4.78, 5) is 37.6. The molecule has 4 aromatic rings. The summed E-state index contributed by atoms with van der Waals surface area (Å²) in [6.45, 7) is 1.51. The zero-order valence-corrected chi connectivity index (χ0v) is 18.9. The Morgan fingerprint density at radius 2 is 1.40 bits per heavy atom. The molecule has 9 heteroatoms. The summed E-state index contributed by atoms with van der Waals surface area (Å²) in [6.07, 6.45) is 1.61. The second-order valence-corrected chi connectivity index (χ2v) is 7.67. The number of carbonyl (C=O) groups is 3. The van der Waals surface area contributed by atoms with Gasteiger partial charge in [-0.2, -0.15) is 5.10 Å². The first-order chi connectivity index (χ1) is 17.0. The lowest BCUT2D eigenvalue weighted by Crippen LogP contribution is -2.51.